The molecule has 1 aliphatic carbocycles. The molecule has 2 rings (SSSR count). The van der Waals surface area contributed by atoms with Crippen molar-refractivity contribution >= 4 is 5.91 Å². The van der Waals surface area contributed by atoms with Crippen molar-refractivity contribution in [2.75, 3.05) is 13.2 Å². The number of aromatic nitrogens is 2. The van der Waals surface area contributed by atoms with Gasteiger partial charge in [0.15, 0.2) is 0 Å². The van der Waals surface area contributed by atoms with Crippen LogP contribution in [-0.2, 0) is 17.6 Å². The van der Waals surface area contributed by atoms with Crippen molar-refractivity contribution in [3.05, 3.63) is 17.2 Å². The Morgan fingerprint density at radius 3 is 3.24 bits per heavy atom. The first-order valence-corrected chi connectivity index (χ1v) is 6.13. The van der Waals surface area contributed by atoms with Crippen LogP contribution in [0.15, 0.2) is 0 Å². The molecule has 0 aliphatic heterocycles. The topological polar surface area (TPSA) is 78.0 Å². The van der Waals surface area contributed by atoms with E-state index >= 15 is 0 Å². The number of aliphatic hydroxyl groups excluding tert-OH is 1. The highest BCUT2D eigenvalue weighted by Crippen LogP contribution is 2.23. The first kappa shape index (κ1) is 12.1. The van der Waals surface area contributed by atoms with Crippen molar-refractivity contribution in [2.45, 2.75) is 32.6 Å². The zero-order valence-electron chi connectivity index (χ0n) is 10.1. The Morgan fingerprint density at radius 1 is 1.65 bits per heavy atom. The zero-order valence-corrected chi connectivity index (χ0v) is 10.1. The zero-order chi connectivity index (χ0) is 12.3. The molecule has 1 aromatic rings. The second kappa shape index (κ2) is 5.31. The summed E-state index contributed by atoms with van der Waals surface area (Å²) in [5.41, 5.74) is 2.22. The van der Waals surface area contributed by atoms with Crippen molar-refractivity contribution in [3.8, 4) is 0 Å². The van der Waals surface area contributed by atoms with E-state index in [4.69, 9.17) is 5.11 Å². The van der Waals surface area contributed by atoms with Gasteiger partial charge >= 0.3 is 0 Å². The molecule has 0 radical (unpaired) electrons. The van der Waals surface area contributed by atoms with Crippen molar-refractivity contribution in [1.29, 1.82) is 0 Å². The number of hydrogen-bond donors (Lipinski definition) is 3. The predicted molar refractivity (Wildman–Crippen MR) is 63.6 cm³/mol. The molecule has 0 bridgehead atoms. The van der Waals surface area contributed by atoms with Gasteiger partial charge in [0, 0.05) is 31.2 Å². The summed E-state index contributed by atoms with van der Waals surface area (Å²) < 4.78 is 0. The lowest BCUT2D eigenvalue weighted by Gasteiger charge is -2.20. The fourth-order valence-corrected chi connectivity index (χ4v) is 2.28. The maximum absolute atomic E-state index is 11.9. The molecule has 1 atom stereocenters. The van der Waals surface area contributed by atoms with Gasteiger partial charge in [0.25, 0.3) is 0 Å². The third kappa shape index (κ3) is 2.85. The average Bonchev–Trinajstić information content (AvgIpc) is 2.68. The van der Waals surface area contributed by atoms with E-state index in [0.717, 1.165) is 36.5 Å². The molecule has 1 unspecified atom stereocenters. The number of nitrogens with one attached hydrogen (secondary N) is 2. The third-order valence-corrected chi connectivity index (χ3v) is 3.17. The summed E-state index contributed by atoms with van der Waals surface area (Å²) in [6, 6.07) is 0. The lowest BCUT2D eigenvalue weighted by Crippen LogP contribution is -2.34. The number of fused-ring (bicyclic) bond motifs is 1. The molecule has 1 aliphatic rings. The van der Waals surface area contributed by atoms with Crippen LogP contribution in [0, 0.1) is 12.8 Å². The number of aliphatic hydroxyl groups is 1. The number of amides is 1. The lowest BCUT2D eigenvalue weighted by atomic mass is 9.89. The van der Waals surface area contributed by atoms with E-state index in [1.807, 2.05) is 6.92 Å². The van der Waals surface area contributed by atoms with Crippen LogP contribution < -0.4 is 5.32 Å². The third-order valence-electron chi connectivity index (χ3n) is 3.17. The molecule has 0 spiro atoms. The molecular formula is C12H19N3O2. The second-order valence-electron chi connectivity index (χ2n) is 4.56. The van der Waals surface area contributed by atoms with Crippen LogP contribution in [0.1, 0.15) is 30.1 Å². The number of nitrogens with zero attached hydrogens (tertiary/aromatic N) is 1. The molecule has 94 valence electrons. The lowest BCUT2D eigenvalue weighted by molar-refractivity contribution is -0.125. The van der Waals surface area contributed by atoms with Crippen LogP contribution in [0.5, 0.6) is 0 Å². The second-order valence-corrected chi connectivity index (χ2v) is 4.56. The van der Waals surface area contributed by atoms with E-state index in [2.05, 4.69) is 15.3 Å². The standard InChI is InChI=1S/C12H19N3O2/c1-8-14-10-4-3-9(7-11(10)15-8)12(17)13-5-2-6-16/h9,16H,2-7H2,1H3,(H,13,17)(H,14,15). The maximum Gasteiger partial charge on any atom is 0.223 e. The van der Waals surface area contributed by atoms with E-state index < -0.39 is 0 Å². The summed E-state index contributed by atoms with van der Waals surface area (Å²) in [5.74, 6) is 1.06. The average molecular weight is 237 g/mol. The molecule has 1 heterocycles. The number of hydrogen-bond acceptors (Lipinski definition) is 3. The van der Waals surface area contributed by atoms with Gasteiger partial charge in [-0.15, -0.1) is 0 Å². The normalized spacial score (nSPS) is 18.8. The smallest absolute Gasteiger partial charge is 0.223 e. The first-order valence-electron chi connectivity index (χ1n) is 6.13. The Morgan fingerprint density at radius 2 is 2.47 bits per heavy atom. The maximum atomic E-state index is 11.9. The minimum absolute atomic E-state index is 0.0426. The molecular weight excluding hydrogens is 218 g/mol. The van der Waals surface area contributed by atoms with Crippen molar-refractivity contribution in [2.24, 2.45) is 5.92 Å². The van der Waals surface area contributed by atoms with Crippen LogP contribution in [-0.4, -0.2) is 34.1 Å². The summed E-state index contributed by atoms with van der Waals surface area (Å²) in [5, 5.41) is 11.5. The molecule has 1 amide bonds. The van der Waals surface area contributed by atoms with Gasteiger partial charge in [0.1, 0.15) is 5.82 Å². The van der Waals surface area contributed by atoms with E-state index in [-0.39, 0.29) is 18.4 Å². The minimum Gasteiger partial charge on any atom is -0.396 e. The van der Waals surface area contributed by atoms with Gasteiger partial charge in [-0.2, -0.15) is 0 Å². The van der Waals surface area contributed by atoms with Crippen LogP contribution in [0.25, 0.3) is 0 Å². The van der Waals surface area contributed by atoms with Gasteiger partial charge in [-0.3, -0.25) is 4.79 Å². The molecule has 5 nitrogen and oxygen atoms in total. The highest BCUT2D eigenvalue weighted by molar-refractivity contribution is 5.79. The van der Waals surface area contributed by atoms with Gasteiger partial charge in [-0.1, -0.05) is 0 Å². The molecule has 5 heteroatoms. The minimum atomic E-state index is 0.0426. The Bertz CT molecular complexity index is 400. The van der Waals surface area contributed by atoms with E-state index in [9.17, 15) is 4.79 Å². The number of carbonyl (C=O) groups is 1. The Labute approximate surface area is 101 Å². The number of rotatable bonds is 4. The number of carbonyl (C=O) groups excluding carboxylic acids is 1. The number of aryl methyl sites for hydroxylation is 2. The molecule has 3 N–H and O–H groups in total. The molecule has 1 aromatic heterocycles. The molecule has 0 saturated carbocycles. The fourth-order valence-electron chi connectivity index (χ4n) is 2.28. The molecule has 17 heavy (non-hydrogen) atoms. The Hall–Kier alpha value is -1.36. The van der Waals surface area contributed by atoms with Crippen LogP contribution >= 0.6 is 0 Å². The molecule has 0 saturated heterocycles. The summed E-state index contributed by atoms with van der Waals surface area (Å²) in [6.07, 6.45) is 3.11. The van der Waals surface area contributed by atoms with Crippen LogP contribution in [0.4, 0.5) is 0 Å². The largest absolute Gasteiger partial charge is 0.396 e. The van der Waals surface area contributed by atoms with E-state index in [1.165, 1.54) is 0 Å². The number of imidazole rings is 1. The number of H-pyrrole nitrogens is 1. The van der Waals surface area contributed by atoms with Gasteiger partial charge in [-0.05, 0) is 26.2 Å². The predicted octanol–water partition coefficient (Wildman–Crippen LogP) is 0.322. The summed E-state index contributed by atoms with van der Waals surface area (Å²) >= 11 is 0. The monoisotopic (exact) mass is 237 g/mol. The van der Waals surface area contributed by atoms with Crippen molar-refractivity contribution in [1.82, 2.24) is 15.3 Å². The fraction of sp³-hybridized carbons (Fsp3) is 0.667. The van der Waals surface area contributed by atoms with Crippen LogP contribution in [0.3, 0.4) is 0 Å². The van der Waals surface area contributed by atoms with Gasteiger partial charge < -0.3 is 15.4 Å². The van der Waals surface area contributed by atoms with Gasteiger partial charge in [-0.25, -0.2) is 4.98 Å². The Balaban J connectivity index is 1.90. The summed E-state index contributed by atoms with van der Waals surface area (Å²) in [6.45, 7) is 2.62. The quantitative estimate of drug-likeness (QED) is 0.660. The Kier molecular flexibility index (Phi) is 3.78. The van der Waals surface area contributed by atoms with E-state index in [0.29, 0.717) is 13.0 Å². The highest BCUT2D eigenvalue weighted by Gasteiger charge is 2.26. The van der Waals surface area contributed by atoms with E-state index in [1.54, 1.807) is 0 Å². The first-order chi connectivity index (χ1) is 8.20. The van der Waals surface area contributed by atoms with Crippen molar-refractivity contribution in [3.63, 3.8) is 0 Å². The summed E-state index contributed by atoms with van der Waals surface area (Å²) in [7, 11) is 0. The van der Waals surface area contributed by atoms with Gasteiger partial charge in [0.2, 0.25) is 5.91 Å². The van der Waals surface area contributed by atoms with Crippen LogP contribution in [0.2, 0.25) is 0 Å². The molecule has 0 fully saturated rings. The molecule has 0 aromatic carbocycles. The van der Waals surface area contributed by atoms with Gasteiger partial charge in [0.05, 0.1) is 5.69 Å². The number of aromatic amines is 1. The van der Waals surface area contributed by atoms with Crippen molar-refractivity contribution < 1.29 is 9.90 Å². The SMILES string of the molecule is Cc1nc2c([nH]1)CC(C(=O)NCCCO)CC2. The summed E-state index contributed by atoms with van der Waals surface area (Å²) in [4.78, 5) is 19.5. The highest BCUT2D eigenvalue weighted by atomic mass is 16.3.